The van der Waals surface area contributed by atoms with Gasteiger partial charge in [-0.15, -0.1) is 0 Å². The summed E-state index contributed by atoms with van der Waals surface area (Å²) in [6.45, 7) is 6.92. The Morgan fingerprint density at radius 2 is 2.17 bits per heavy atom. The summed E-state index contributed by atoms with van der Waals surface area (Å²) in [5.74, 6) is 0.945. The predicted octanol–water partition coefficient (Wildman–Crippen LogP) is 2.95. The van der Waals surface area contributed by atoms with Gasteiger partial charge in [0.25, 0.3) is 0 Å². The van der Waals surface area contributed by atoms with Gasteiger partial charge in [-0.05, 0) is 32.1 Å². The number of hydrogen-bond donors (Lipinski definition) is 1. The monoisotopic (exact) mass is 169 g/mol. The molecule has 0 aromatic rings. The highest BCUT2D eigenvalue weighted by molar-refractivity contribution is 4.77. The lowest BCUT2D eigenvalue weighted by molar-refractivity contribution is 0.282. The van der Waals surface area contributed by atoms with Gasteiger partial charge in [-0.25, -0.2) is 0 Å². The van der Waals surface area contributed by atoms with Crippen LogP contribution >= 0.6 is 0 Å². The largest absolute Gasteiger partial charge is 0.312 e. The van der Waals surface area contributed by atoms with E-state index in [2.05, 4.69) is 26.1 Å². The van der Waals surface area contributed by atoms with Crippen LogP contribution in [-0.2, 0) is 0 Å². The number of hydrogen-bond acceptors (Lipinski definition) is 1. The quantitative estimate of drug-likeness (QED) is 0.685. The van der Waals surface area contributed by atoms with Crippen LogP contribution in [0, 0.1) is 5.92 Å². The Hall–Kier alpha value is -0.0400. The fraction of sp³-hybridized carbons (Fsp3) is 1.00. The van der Waals surface area contributed by atoms with Gasteiger partial charge in [0.15, 0.2) is 0 Å². The molecule has 1 aliphatic rings. The fourth-order valence-corrected chi connectivity index (χ4v) is 2.11. The van der Waals surface area contributed by atoms with Gasteiger partial charge in [-0.3, -0.25) is 0 Å². The molecule has 0 radical (unpaired) electrons. The van der Waals surface area contributed by atoms with Crippen LogP contribution in [0.25, 0.3) is 0 Å². The van der Waals surface area contributed by atoms with Gasteiger partial charge in [-0.2, -0.15) is 0 Å². The predicted molar refractivity (Wildman–Crippen MR) is 54.3 cm³/mol. The highest BCUT2D eigenvalue weighted by atomic mass is 14.9. The lowest BCUT2D eigenvalue weighted by atomic mass is 9.87. The van der Waals surface area contributed by atoms with Crippen molar-refractivity contribution < 1.29 is 0 Å². The second kappa shape index (κ2) is 4.86. The smallest absolute Gasteiger partial charge is 0.00720 e. The molecule has 12 heavy (non-hydrogen) atoms. The summed E-state index contributed by atoms with van der Waals surface area (Å²) in [5.41, 5.74) is 0. The molecular weight excluding hydrogens is 146 g/mol. The molecule has 1 N–H and O–H groups in total. The van der Waals surface area contributed by atoms with E-state index < -0.39 is 0 Å². The van der Waals surface area contributed by atoms with Crippen molar-refractivity contribution in [1.29, 1.82) is 0 Å². The molecule has 1 rings (SSSR count). The third-order valence-corrected chi connectivity index (χ3v) is 3.07. The Morgan fingerprint density at radius 1 is 1.42 bits per heavy atom. The lowest BCUT2D eigenvalue weighted by Gasteiger charge is -2.29. The van der Waals surface area contributed by atoms with Gasteiger partial charge in [-0.1, -0.05) is 26.7 Å². The van der Waals surface area contributed by atoms with Crippen molar-refractivity contribution in [2.75, 3.05) is 0 Å². The molecule has 0 saturated heterocycles. The lowest BCUT2D eigenvalue weighted by Crippen LogP contribution is -2.39. The van der Waals surface area contributed by atoms with E-state index in [1.54, 1.807) is 0 Å². The van der Waals surface area contributed by atoms with Crippen molar-refractivity contribution in [3.63, 3.8) is 0 Å². The molecule has 0 unspecified atom stereocenters. The van der Waals surface area contributed by atoms with Crippen molar-refractivity contribution in [1.82, 2.24) is 5.32 Å². The summed E-state index contributed by atoms with van der Waals surface area (Å²) in [6.07, 6.45) is 6.91. The molecule has 3 atom stereocenters. The Kier molecular flexibility index (Phi) is 4.07. The molecule has 1 saturated carbocycles. The Labute approximate surface area is 76.9 Å². The van der Waals surface area contributed by atoms with E-state index >= 15 is 0 Å². The average Bonchev–Trinajstić information content (AvgIpc) is 2.04. The molecule has 0 amide bonds. The molecule has 1 heteroatoms. The summed E-state index contributed by atoms with van der Waals surface area (Å²) in [5, 5.41) is 3.70. The molecular formula is C11H23N. The van der Waals surface area contributed by atoms with Crippen LogP contribution in [0.1, 0.15) is 52.9 Å². The SMILES string of the molecule is CC[C@H](C)N[C@H]1CCC[C@H](C)C1. The van der Waals surface area contributed by atoms with Gasteiger partial charge in [0.2, 0.25) is 0 Å². The summed E-state index contributed by atoms with van der Waals surface area (Å²) in [4.78, 5) is 0. The molecule has 0 aromatic carbocycles. The van der Waals surface area contributed by atoms with Gasteiger partial charge >= 0.3 is 0 Å². The Bertz CT molecular complexity index is 122. The summed E-state index contributed by atoms with van der Waals surface area (Å²) in [7, 11) is 0. The van der Waals surface area contributed by atoms with Crippen LogP contribution in [0.4, 0.5) is 0 Å². The minimum absolute atomic E-state index is 0.709. The van der Waals surface area contributed by atoms with E-state index in [1.807, 2.05) is 0 Å². The molecule has 1 nitrogen and oxygen atoms in total. The van der Waals surface area contributed by atoms with Gasteiger partial charge in [0, 0.05) is 12.1 Å². The standard InChI is InChI=1S/C11H23N/c1-4-10(3)12-11-7-5-6-9(2)8-11/h9-12H,4-8H2,1-3H3/t9-,10-,11-/m0/s1. The van der Waals surface area contributed by atoms with Crippen molar-refractivity contribution >= 4 is 0 Å². The molecule has 1 fully saturated rings. The highest BCUT2D eigenvalue weighted by Crippen LogP contribution is 2.23. The zero-order valence-corrected chi connectivity index (χ0v) is 8.77. The highest BCUT2D eigenvalue weighted by Gasteiger charge is 2.19. The number of nitrogens with one attached hydrogen (secondary N) is 1. The third-order valence-electron chi connectivity index (χ3n) is 3.07. The van der Waals surface area contributed by atoms with E-state index in [-0.39, 0.29) is 0 Å². The van der Waals surface area contributed by atoms with Crippen LogP contribution in [0.2, 0.25) is 0 Å². The Balaban J connectivity index is 2.22. The number of rotatable bonds is 3. The molecule has 0 bridgehead atoms. The van der Waals surface area contributed by atoms with E-state index in [9.17, 15) is 0 Å². The van der Waals surface area contributed by atoms with Crippen molar-refractivity contribution in [3.05, 3.63) is 0 Å². The van der Waals surface area contributed by atoms with E-state index in [0.717, 1.165) is 12.0 Å². The molecule has 1 aliphatic carbocycles. The van der Waals surface area contributed by atoms with Crippen molar-refractivity contribution in [2.45, 2.75) is 65.0 Å². The first-order chi connectivity index (χ1) is 5.72. The van der Waals surface area contributed by atoms with Gasteiger partial charge in [0.1, 0.15) is 0 Å². The maximum absolute atomic E-state index is 3.70. The molecule has 0 aromatic heterocycles. The normalized spacial score (nSPS) is 33.2. The Morgan fingerprint density at radius 3 is 2.75 bits per heavy atom. The van der Waals surface area contributed by atoms with E-state index in [4.69, 9.17) is 0 Å². The van der Waals surface area contributed by atoms with Crippen molar-refractivity contribution in [3.8, 4) is 0 Å². The first kappa shape index (κ1) is 10.0. The van der Waals surface area contributed by atoms with Crippen LogP contribution in [-0.4, -0.2) is 12.1 Å². The topological polar surface area (TPSA) is 12.0 Å². The molecule has 0 aliphatic heterocycles. The average molecular weight is 169 g/mol. The minimum atomic E-state index is 0.709. The third kappa shape index (κ3) is 3.14. The van der Waals surface area contributed by atoms with Crippen LogP contribution < -0.4 is 5.32 Å². The maximum atomic E-state index is 3.70. The first-order valence-electron chi connectivity index (χ1n) is 5.48. The van der Waals surface area contributed by atoms with Crippen molar-refractivity contribution in [2.24, 2.45) is 5.92 Å². The summed E-state index contributed by atoms with van der Waals surface area (Å²) < 4.78 is 0. The van der Waals surface area contributed by atoms with E-state index in [1.165, 1.54) is 32.1 Å². The molecule has 0 heterocycles. The van der Waals surface area contributed by atoms with E-state index in [0.29, 0.717) is 6.04 Å². The van der Waals surface area contributed by atoms with Gasteiger partial charge in [0.05, 0.1) is 0 Å². The molecule has 0 spiro atoms. The van der Waals surface area contributed by atoms with Gasteiger partial charge < -0.3 is 5.32 Å². The van der Waals surface area contributed by atoms with Crippen LogP contribution in [0.3, 0.4) is 0 Å². The molecule has 72 valence electrons. The second-order valence-corrected chi connectivity index (χ2v) is 4.44. The first-order valence-corrected chi connectivity index (χ1v) is 5.48. The minimum Gasteiger partial charge on any atom is -0.312 e. The maximum Gasteiger partial charge on any atom is 0.00720 e. The summed E-state index contributed by atoms with van der Waals surface area (Å²) in [6, 6.07) is 1.52. The zero-order chi connectivity index (χ0) is 8.97. The van der Waals surface area contributed by atoms with Crippen LogP contribution in [0.15, 0.2) is 0 Å². The second-order valence-electron chi connectivity index (χ2n) is 4.44. The fourth-order valence-electron chi connectivity index (χ4n) is 2.11. The summed E-state index contributed by atoms with van der Waals surface area (Å²) >= 11 is 0. The van der Waals surface area contributed by atoms with Crippen LogP contribution in [0.5, 0.6) is 0 Å². The zero-order valence-electron chi connectivity index (χ0n) is 8.77.